The molecule has 26 heteroatoms. The normalized spacial score (nSPS) is 14.7. The number of halogens is 10. The van der Waals surface area contributed by atoms with Crippen molar-refractivity contribution >= 4 is 68.3 Å². The van der Waals surface area contributed by atoms with Crippen molar-refractivity contribution in [1.29, 1.82) is 0 Å². The minimum Gasteiger partial charge on any atom is -0.475 e. The summed E-state index contributed by atoms with van der Waals surface area (Å²) in [5.74, 6) is -5.89. The van der Waals surface area contributed by atoms with Crippen LogP contribution in [0.5, 0.6) is 5.75 Å². The highest BCUT2D eigenvalue weighted by Crippen LogP contribution is 2.34. The summed E-state index contributed by atoms with van der Waals surface area (Å²) in [6.07, 6.45) is -8.17. The number of aryl methyl sites for hydroxylation is 2. The lowest BCUT2D eigenvalue weighted by molar-refractivity contribution is -0.275. The van der Waals surface area contributed by atoms with Gasteiger partial charge in [0.05, 0.1) is 18.1 Å². The van der Waals surface area contributed by atoms with Crippen molar-refractivity contribution in [3.05, 3.63) is 83.3 Å². The van der Waals surface area contributed by atoms with E-state index in [0.29, 0.717) is 59.5 Å². The molecule has 0 unspecified atom stereocenters. The van der Waals surface area contributed by atoms with Gasteiger partial charge in [-0.05, 0) is 79.1 Å². The van der Waals surface area contributed by atoms with Gasteiger partial charge in [-0.2, -0.15) is 35.6 Å². The van der Waals surface area contributed by atoms with E-state index in [1.54, 1.807) is 24.5 Å². The molecule has 6 bridgehead atoms. The third-order valence-electron chi connectivity index (χ3n) is 8.35. The van der Waals surface area contributed by atoms with Gasteiger partial charge in [0.2, 0.25) is 21.9 Å². The maximum Gasteiger partial charge on any atom is 0.573 e. The number of alkyl halides is 9. The third kappa shape index (κ3) is 14.3. The van der Waals surface area contributed by atoms with Gasteiger partial charge in [-0.15, -0.1) is 13.2 Å². The first-order valence-corrected chi connectivity index (χ1v) is 19.0. The Kier molecular flexibility index (Phi) is 15.4. The molecule has 6 rings (SSSR count). The molecule has 2 aliphatic heterocycles. The molecule has 1 fully saturated rings. The third-order valence-corrected chi connectivity index (χ3v) is 10.6. The number of ether oxygens (including phenoxy) is 1. The monoisotopic (exact) mass is 915 g/mol. The van der Waals surface area contributed by atoms with E-state index in [9.17, 15) is 52.7 Å². The molecule has 0 spiro atoms. The number of anilines is 5. The van der Waals surface area contributed by atoms with Crippen molar-refractivity contribution in [2.75, 3.05) is 29.0 Å². The van der Waals surface area contributed by atoms with E-state index >= 15 is 0 Å². The maximum absolute atomic E-state index is 13.2. The van der Waals surface area contributed by atoms with Gasteiger partial charge in [0, 0.05) is 37.1 Å². The van der Waals surface area contributed by atoms with Crippen LogP contribution in [0.3, 0.4) is 0 Å². The van der Waals surface area contributed by atoms with E-state index in [4.69, 9.17) is 31.4 Å². The molecule has 1 saturated heterocycles. The number of carbonyl (C=O) groups is 3. The number of benzene rings is 2. The van der Waals surface area contributed by atoms with Gasteiger partial charge in [-0.3, -0.25) is 9.78 Å². The molecule has 0 radical (unpaired) electrons. The minimum absolute atomic E-state index is 0.0571. The molecule has 5 N–H and O–H groups in total. The Bertz CT molecular complexity index is 2300. The molecule has 61 heavy (non-hydrogen) atoms. The number of hydrogen-bond acceptors (Lipinski definition) is 11. The highest BCUT2D eigenvalue weighted by molar-refractivity contribution is 7.89. The predicted octanol–water partition coefficient (Wildman–Crippen LogP) is 7.71. The number of carbonyl (C=O) groups excluding carboxylic acids is 1. The van der Waals surface area contributed by atoms with Crippen LogP contribution in [0.2, 0.25) is 5.02 Å². The number of hydrogen-bond donors (Lipinski definition) is 5. The van der Waals surface area contributed by atoms with Gasteiger partial charge in [-0.1, -0.05) is 23.7 Å². The number of nitrogens with one attached hydrogen (secondary N) is 3. The van der Waals surface area contributed by atoms with Gasteiger partial charge in [-0.25, -0.2) is 23.0 Å². The predicted molar refractivity (Wildman–Crippen MR) is 197 cm³/mol. The number of carboxylic acid groups (broad SMARTS) is 2. The fourth-order valence-electron chi connectivity index (χ4n) is 5.58. The molecule has 4 aromatic rings. The molecule has 2 aromatic carbocycles. The molecular formula is C35H31ClF9N7O8S. The van der Waals surface area contributed by atoms with Gasteiger partial charge in [0.25, 0.3) is 0 Å². The summed E-state index contributed by atoms with van der Waals surface area (Å²) < 4.78 is 134. The zero-order valence-electron chi connectivity index (χ0n) is 30.7. The molecule has 0 aliphatic carbocycles. The Morgan fingerprint density at radius 1 is 0.852 bits per heavy atom. The Morgan fingerprint density at radius 3 is 2.08 bits per heavy atom. The number of carboxylic acids is 2. The lowest BCUT2D eigenvalue weighted by Gasteiger charge is -2.31. The van der Waals surface area contributed by atoms with Crippen LogP contribution >= 0.6 is 11.6 Å². The van der Waals surface area contributed by atoms with Crippen LogP contribution in [0.25, 0.3) is 0 Å². The molecule has 0 atom stereocenters. The quantitative estimate of drug-likeness (QED) is 0.118. The molecule has 4 heterocycles. The summed E-state index contributed by atoms with van der Waals surface area (Å²) in [5, 5.41) is 23.9. The van der Waals surface area contributed by atoms with E-state index in [-0.39, 0.29) is 31.3 Å². The van der Waals surface area contributed by atoms with Crippen LogP contribution in [-0.4, -0.2) is 87.5 Å². The number of amides is 1. The molecule has 2 aliphatic rings. The van der Waals surface area contributed by atoms with E-state index in [2.05, 4.69) is 35.6 Å². The first-order chi connectivity index (χ1) is 28.3. The Morgan fingerprint density at radius 2 is 1.48 bits per heavy atom. The second-order valence-corrected chi connectivity index (χ2v) is 15.1. The van der Waals surface area contributed by atoms with Crippen molar-refractivity contribution in [1.82, 2.24) is 19.3 Å². The van der Waals surface area contributed by atoms with E-state index in [0.717, 1.165) is 27.6 Å². The second-order valence-electron chi connectivity index (χ2n) is 12.8. The maximum atomic E-state index is 13.2. The van der Waals surface area contributed by atoms with Gasteiger partial charge in [0.15, 0.2) is 5.82 Å². The molecule has 1 amide bonds. The van der Waals surface area contributed by atoms with E-state index in [1.165, 1.54) is 18.3 Å². The lowest BCUT2D eigenvalue weighted by atomic mass is 9.94. The molecular weight excluding hydrogens is 885 g/mol. The zero-order valence-corrected chi connectivity index (χ0v) is 32.3. The summed E-state index contributed by atoms with van der Waals surface area (Å²) in [7, 11) is -4.25. The molecule has 330 valence electrons. The number of aromatic nitrogens is 3. The standard InChI is InChI=1S/C31H29ClF3N7O4S.2C2HF3O2/c32-24-18-37-30-39-23-13-20(16-36-17-23)5-6-21-15-22(38-29(24)41-30)7-8-25(21)40-28(43)14-19-9-11-42(12-10-19)47(44,45)27-4-2-1-3-26(27)46-31(33,34)35;2*3-2(4,5)1(6)7/h1-4,7-8,13,15-19H,5-6,9-12,14H2,(H,40,43)(H2,37,38,39,41);2*(H,6,7). The zero-order chi connectivity index (χ0) is 45.3. The highest BCUT2D eigenvalue weighted by atomic mass is 35.5. The fraction of sp³-hybridized carbons (Fsp3) is 0.314. The van der Waals surface area contributed by atoms with Crippen LogP contribution in [0.4, 0.5) is 68.3 Å². The SMILES string of the molecule is O=C(CC1CCN(S(=O)(=O)c2ccccc2OC(F)(F)F)CC1)Nc1ccc2cc1CCc1cncc(c1)Nc1ncc(Cl)c(n1)N2.O=C(O)C(F)(F)F.O=C(O)C(F)(F)F. The molecule has 15 nitrogen and oxygen atoms in total. The van der Waals surface area contributed by atoms with Gasteiger partial charge in [0.1, 0.15) is 15.7 Å². The topological polar surface area (TPSA) is 213 Å². The summed E-state index contributed by atoms with van der Waals surface area (Å²) in [5.41, 5.74) is 3.89. The molecule has 2 aromatic heterocycles. The lowest BCUT2D eigenvalue weighted by Crippen LogP contribution is -2.39. The first kappa shape index (κ1) is 47.7. The number of aliphatic carboxylic acids is 2. The largest absolute Gasteiger partial charge is 0.573 e. The average Bonchev–Trinajstić information content (AvgIpc) is 3.16. The number of nitrogens with zero attached hydrogens (tertiary/aromatic N) is 4. The summed E-state index contributed by atoms with van der Waals surface area (Å²) in [4.78, 5) is 43.5. The van der Waals surface area contributed by atoms with E-state index < -0.39 is 51.3 Å². The van der Waals surface area contributed by atoms with Crippen LogP contribution in [0.15, 0.2) is 72.0 Å². The second kappa shape index (κ2) is 19.6. The van der Waals surface area contributed by atoms with Crippen LogP contribution < -0.4 is 20.7 Å². The Balaban J connectivity index is 0.000000504. The number of rotatable bonds is 6. The number of piperidine rings is 1. The van der Waals surface area contributed by atoms with Crippen molar-refractivity contribution in [2.24, 2.45) is 5.92 Å². The molecule has 0 saturated carbocycles. The highest BCUT2D eigenvalue weighted by Gasteiger charge is 2.39. The number of para-hydroxylation sites is 1. The summed E-state index contributed by atoms with van der Waals surface area (Å²) >= 11 is 6.35. The van der Waals surface area contributed by atoms with Crippen LogP contribution in [-0.2, 0) is 37.2 Å². The van der Waals surface area contributed by atoms with Gasteiger partial charge >= 0.3 is 30.7 Å². The van der Waals surface area contributed by atoms with Gasteiger partial charge < -0.3 is 30.9 Å². The van der Waals surface area contributed by atoms with Crippen LogP contribution in [0.1, 0.15) is 30.4 Å². The average molecular weight is 916 g/mol. The Hall–Kier alpha value is -5.95. The number of pyridine rings is 1. The first-order valence-electron chi connectivity index (χ1n) is 17.2. The number of fused-ring (bicyclic) bond motifs is 6. The van der Waals surface area contributed by atoms with Crippen molar-refractivity contribution in [3.8, 4) is 5.75 Å². The smallest absolute Gasteiger partial charge is 0.475 e. The van der Waals surface area contributed by atoms with E-state index in [1.807, 2.05) is 12.1 Å². The number of sulfonamides is 1. The summed E-state index contributed by atoms with van der Waals surface area (Å²) in [6, 6.07) is 12.1. The van der Waals surface area contributed by atoms with Crippen molar-refractivity contribution in [3.63, 3.8) is 0 Å². The fourth-order valence-corrected chi connectivity index (χ4v) is 7.30. The van der Waals surface area contributed by atoms with Crippen molar-refractivity contribution in [2.45, 2.75) is 55.7 Å². The minimum atomic E-state index is -5.08. The summed E-state index contributed by atoms with van der Waals surface area (Å²) in [6.45, 7) is 0.114. The van der Waals surface area contributed by atoms with Crippen LogP contribution in [0, 0.1) is 5.92 Å². The van der Waals surface area contributed by atoms with Crippen molar-refractivity contribution < 1.29 is 77.3 Å². The Labute approximate surface area is 344 Å².